The lowest BCUT2D eigenvalue weighted by atomic mass is 9.53. The summed E-state index contributed by atoms with van der Waals surface area (Å²) in [6.45, 7) is 4.91. The highest BCUT2D eigenvalue weighted by molar-refractivity contribution is 6.12. The molecule has 1 amide bonds. The highest BCUT2D eigenvalue weighted by Crippen LogP contribution is 2.66. The molecule has 2 aromatic rings. The molecule has 4 fully saturated rings. The van der Waals surface area contributed by atoms with Crippen LogP contribution in [0.15, 0.2) is 65.8 Å². The molecular formula is C29H28N2O2. The van der Waals surface area contributed by atoms with Crippen LogP contribution in [0.25, 0.3) is 6.08 Å². The van der Waals surface area contributed by atoms with Crippen molar-refractivity contribution in [2.45, 2.75) is 43.4 Å². The van der Waals surface area contributed by atoms with Gasteiger partial charge in [-0.1, -0.05) is 59.7 Å². The zero-order valence-electron chi connectivity index (χ0n) is 18.9. The molecule has 3 saturated heterocycles. The van der Waals surface area contributed by atoms with Crippen molar-refractivity contribution in [2.24, 2.45) is 11.8 Å². The molecule has 5 aliphatic heterocycles. The molecule has 1 aliphatic carbocycles. The number of benzene rings is 2. The van der Waals surface area contributed by atoms with Crippen LogP contribution in [0.5, 0.6) is 0 Å². The molecule has 0 N–H and O–H groups in total. The molecule has 4 heteroatoms. The maximum atomic E-state index is 14.3. The summed E-state index contributed by atoms with van der Waals surface area (Å²) < 4.78 is 6.59. The van der Waals surface area contributed by atoms with Gasteiger partial charge in [0.25, 0.3) is 5.91 Å². The number of aryl methyl sites for hydroxylation is 1. The Labute approximate surface area is 194 Å². The van der Waals surface area contributed by atoms with Crippen LogP contribution < -0.4 is 4.90 Å². The molecule has 1 saturated carbocycles. The van der Waals surface area contributed by atoms with Crippen LogP contribution in [0, 0.1) is 18.8 Å². The lowest BCUT2D eigenvalue weighted by molar-refractivity contribution is -0.123. The van der Waals surface area contributed by atoms with E-state index in [1.807, 2.05) is 0 Å². The summed E-state index contributed by atoms with van der Waals surface area (Å²) in [5.41, 5.74) is 7.28. The van der Waals surface area contributed by atoms with Crippen molar-refractivity contribution in [2.75, 3.05) is 24.6 Å². The minimum Gasteiger partial charge on any atom is -0.369 e. The van der Waals surface area contributed by atoms with Crippen molar-refractivity contribution in [3.05, 3.63) is 82.4 Å². The predicted octanol–water partition coefficient (Wildman–Crippen LogP) is 4.09. The third kappa shape index (κ3) is 2.17. The molecule has 8 rings (SSSR count). The second-order valence-corrected chi connectivity index (χ2v) is 10.9. The zero-order chi connectivity index (χ0) is 21.9. The van der Waals surface area contributed by atoms with Crippen molar-refractivity contribution >= 4 is 17.7 Å². The fourth-order valence-electron chi connectivity index (χ4n) is 8.43. The Morgan fingerprint density at radius 2 is 1.97 bits per heavy atom. The first-order valence-corrected chi connectivity index (χ1v) is 12.4. The highest BCUT2D eigenvalue weighted by Gasteiger charge is 2.71. The number of anilines is 1. The summed E-state index contributed by atoms with van der Waals surface area (Å²) in [4.78, 5) is 19.2. The number of carbonyl (C=O) groups is 1. The summed E-state index contributed by atoms with van der Waals surface area (Å²) >= 11 is 0. The number of piperidine rings is 2. The molecule has 166 valence electrons. The van der Waals surface area contributed by atoms with E-state index < -0.39 is 0 Å². The van der Waals surface area contributed by atoms with Crippen molar-refractivity contribution in [3.63, 3.8) is 0 Å². The lowest BCUT2D eigenvalue weighted by Crippen LogP contribution is -2.69. The summed E-state index contributed by atoms with van der Waals surface area (Å²) in [5, 5.41) is 0. The molecular weight excluding hydrogens is 408 g/mol. The van der Waals surface area contributed by atoms with Gasteiger partial charge in [-0.05, 0) is 55.5 Å². The molecule has 6 aliphatic rings. The average Bonchev–Trinajstić information content (AvgIpc) is 3.29. The van der Waals surface area contributed by atoms with Crippen molar-refractivity contribution in [1.29, 1.82) is 0 Å². The number of nitrogens with zero attached hydrogens (tertiary/aromatic N) is 2. The van der Waals surface area contributed by atoms with Crippen molar-refractivity contribution < 1.29 is 9.53 Å². The number of rotatable bonds is 1. The Kier molecular flexibility index (Phi) is 3.54. The fourth-order valence-corrected chi connectivity index (χ4v) is 8.43. The molecule has 4 nitrogen and oxygen atoms in total. The molecule has 2 bridgehead atoms. The van der Waals surface area contributed by atoms with Gasteiger partial charge in [0.05, 0.1) is 18.8 Å². The summed E-state index contributed by atoms with van der Waals surface area (Å²) in [6, 6.07) is 18.0. The smallest absolute Gasteiger partial charge is 0.257 e. The van der Waals surface area contributed by atoms with E-state index in [0.29, 0.717) is 24.5 Å². The molecule has 5 heterocycles. The first-order chi connectivity index (χ1) is 16.2. The molecule has 2 aromatic carbocycles. The number of hydrogen-bond acceptors (Lipinski definition) is 3. The number of fused-ring (bicyclic) bond motifs is 2. The predicted molar refractivity (Wildman–Crippen MR) is 128 cm³/mol. The first kappa shape index (κ1) is 18.7. The minimum absolute atomic E-state index is 0.0420. The van der Waals surface area contributed by atoms with Crippen LogP contribution in [0.4, 0.5) is 5.69 Å². The number of carbonyl (C=O) groups excluding carboxylic acids is 1. The van der Waals surface area contributed by atoms with Gasteiger partial charge in [0.2, 0.25) is 0 Å². The first-order valence-electron chi connectivity index (χ1n) is 12.4. The largest absolute Gasteiger partial charge is 0.369 e. The molecule has 0 unspecified atom stereocenters. The number of amides is 1. The number of hydrogen-bond donors (Lipinski definition) is 0. The lowest BCUT2D eigenvalue weighted by Gasteiger charge is -2.59. The van der Waals surface area contributed by atoms with E-state index in [1.54, 1.807) is 5.57 Å². The monoisotopic (exact) mass is 436 g/mol. The average molecular weight is 437 g/mol. The van der Waals surface area contributed by atoms with Gasteiger partial charge >= 0.3 is 0 Å². The molecule has 1 spiro atoms. The van der Waals surface area contributed by atoms with Crippen LogP contribution in [0.2, 0.25) is 0 Å². The normalized spacial score (nSPS) is 38.9. The minimum atomic E-state index is -0.141. The fraction of sp³-hybridized carbons (Fsp3) is 0.414. The van der Waals surface area contributed by atoms with Gasteiger partial charge < -0.3 is 9.64 Å². The SMILES string of the molecule is Cc1ccc(/C=C2/C(=O)N3c4ccccc4[C@]45CCN6CC7=CCO[C@H]2[C@H]([C@@H]7C[C@@H]64)[C@@H]35)cc1. The second-order valence-electron chi connectivity index (χ2n) is 10.9. The van der Waals surface area contributed by atoms with Gasteiger partial charge in [-0.15, -0.1) is 0 Å². The van der Waals surface area contributed by atoms with Crippen LogP contribution in [0.1, 0.15) is 29.5 Å². The summed E-state index contributed by atoms with van der Waals surface area (Å²) in [7, 11) is 0. The third-order valence-electron chi connectivity index (χ3n) is 9.63. The highest BCUT2D eigenvalue weighted by atomic mass is 16.5. The van der Waals surface area contributed by atoms with Crippen LogP contribution >= 0.6 is 0 Å². The van der Waals surface area contributed by atoms with Crippen LogP contribution in [-0.4, -0.2) is 48.7 Å². The molecule has 33 heavy (non-hydrogen) atoms. The van der Waals surface area contributed by atoms with Gasteiger partial charge in [0, 0.05) is 35.2 Å². The Balaban J connectivity index is 1.38. The Morgan fingerprint density at radius 1 is 1.12 bits per heavy atom. The van der Waals surface area contributed by atoms with Crippen molar-refractivity contribution in [3.8, 4) is 0 Å². The summed E-state index contributed by atoms with van der Waals surface area (Å²) in [5.74, 6) is 0.964. The van der Waals surface area contributed by atoms with Gasteiger partial charge in [0.1, 0.15) is 0 Å². The number of para-hydroxylation sites is 1. The zero-order valence-corrected chi connectivity index (χ0v) is 18.9. The maximum absolute atomic E-state index is 14.3. The molecule has 6 atom stereocenters. The molecule has 0 aromatic heterocycles. The van der Waals surface area contributed by atoms with Gasteiger partial charge in [-0.25, -0.2) is 0 Å². The summed E-state index contributed by atoms with van der Waals surface area (Å²) in [6.07, 6.45) is 6.64. The topological polar surface area (TPSA) is 32.8 Å². The van der Waals surface area contributed by atoms with E-state index in [2.05, 4.69) is 77.4 Å². The van der Waals surface area contributed by atoms with E-state index in [4.69, 9.17) is 4.74 Å². The van der Waals surface area contributed by atoms with E-state index in [-0.39, 0.29) is 23.5 Å². The Hall–Kier alpha value is -2.69. The van der Waals surface area contributed by atoms with E-state index in [1.165, 1.54) is 17.5 Å². The van der Waals surface area contributed by atoms with E-state index in [9.17, 15) is 4.79 Å². The standard InChI is InChI=1S/C29H28N2O2/c1-17-6-8-18(9-7-17)14-21-26-25-20-15-24-29(11-12-30(24)16-19(20)10-13-33-26)22-4-2-3-5-23(22)31(27(25)29)28(21)32/h2-10,14,20,24-27H,11-13,15-16H2,1H3/b21-14+/t20-,24-,25+,26-,27-,29-/m1/s1. The molecule has 0 radical (unpaired) electrons. The van der Waals surface area contributed by atoms with Crippen molar-refractivity contribution in [1.82, 2.24) is 4.90 Å². The number of ether oxygens (including phenoxy) is 1. The quantitative estimate of drug-likeness (QED) is 0.499. The van der Waals surface area contributed by atoms with Crippen LogP contribution in [0.3, 0.4) is 0 Å². The Morgan fingerprint density at radius 3 is 2.85 bits per heavy atom. The third-order valence-corrected chi connectivity index (χ3v) is 9.63. The van der Waals surface area contributed by atoms with Gasteiger partial charge in [-0.2, -0.15) is 0 Å². The second kappa shape index (κ2) is 6.25. The van der Waals surface area contributed by atoms with Gasteiger partial charge in [-0.3, -0.25) is 9.69 Å². The van der Waals surface area contributed by atoms with Crippen LogP contribution in [-0.2, 0) is 14.9 Å². The maximum Gasteiger partial charge on any atom is 0.257 e. The van der Waals surface area contributed by atoms with E-state index in [0.717, 1.165) is 36.3 Å². The van der Waals surface area contributed by atoms with E-state index >= 15 is 0 Å². The van der Waals surface area contributed by atoms with Gasteiger partial charge in [0.15, 0.2) is 0 Å². The Bertz CT molecular complexity index is 1260.